The van der Waals surface area contributed by atoms with Gasteiger partial charge in [0.05, 0.1) is 17.7 Å². The fourth-order valence-corrected chi connectivity index (χ4v) is 2.80. The van der Waals surface area contributed by atoms with Crippen LogP contribution >= 0.6 is 0 Å². The van der Waals surface area contributed by atoms with E-state index in [1.54, 1.807) is 36.7 Å². The fourth-order valence-electron chi connectivity index (χ4n) is 2.80. The molecule has 1 amide bonds. The molecule has 21 heavy (non-hydrogen) atoms. The second kappa shape index (κ2) is 5.76. The second-order valence-electron chi connectivity index (χ2n) is 5.13. The Morgan fingerprint density at radius 1 is 1.19 bits per heavy atom. The standard InChI is InChI=1S/C17H15N3O/c18-12-13-3-5-15(6-4-13)17(21)20-11-1-2-16(20)14-7-9-19-10-8-14/h3-10,16H,1-2,11H2/t16-/m1/s1. The van der Waals surface area contributed by atoms with E-state index in [2.05, 4.69) is 11.1 Å². The van der Waals surface area contributed by atoms with E-state index in [0.29, 0.717) is 11.1 Å². The zero-order valence-electron chi connectivity index (χ0n) is 11.6. The number of hydrogen-bond acceptors (Lipinski definition) is 3. The molecule has 2 heterocycles. The maximum atomic E-state index is 12.7. The van der Waals surface area contributed by atoms with Gasteiger partial charge in [-0.3, -0.25) is 9.78 Å². The van der Waals surface area contributed by atoms with Crippen LogP contribution < -0.4 is 0 Å². The molecule has 0 unspecified atom stereocenters. The van der Waals surface area contributed by atoms with Gasteiger partial charge in [0.1, 0.15) is 0 Å². The van der Waals surface area contributed by atoms with Gasteiger partial charge in [0.25, 0.3) is 5.91 Å². The fraction of sp³-hybridized carbons (Fsp3) is 0.235. The van der Waals surface area contributed by atoms with Crippen molar-refractivity contribution in [3.8, 4) is 6.07 Å². The summed E-state index contributed by atoms with van der Waals surface area (Å²) < 4.78 is 0. The molecule has 4 heteroatoms. The molecule has 1 fully saturated rings. The Morgan fingerprint density at radius 2 is 1.90 bits per heavy atom. The van der Waals surface area contributed by atoms with Crippen molar-refractivity contribution in [3.05, 3.63) is 65.5 Å². The molecule has 3 rings (SSSR count). The van der Waals surface area contributed by atoms with Crippen LogP contribution in [0.25, 0.3) is 0 Å². The number of carbonyl (C=O) groups excluding carboxylic acids is 1. The normalized spacial score (nSPS) is 17.5. The largest absolute Gasteiger partial charge is 0.332 e. The molecule has 4 nitrogen and oxygen atoms in total. The van der Waals surface area contributed by atoms with Crippen LogP contribution in [0.15, 0.2) is 48.8 Å². The molecule has 104 valence electrons. The summed E-state index contributed by atoms with van der Waals surface area (Å²) in [6.07, 6.45) is 5.51. The molecule has 1 saturated heterocycles. The second-order valence-corrected chi connectivity index (χ2v) is 5.13. The van der Waals surface area contributed by atoms with Gasteiger partial charge in [0.2, 0.25) is 0 Å². The molecule has 0 saturated carbocycles. The maximum Gasteiger partial charge on any atom is 0.254 e. The predicted octanol–water partition coefficient (Wildman–Crippen LogP) is 2.93. The molecule has 1 atom stereocenters. The Balaban J connectivity index is 1.84. The molecule has 1 aromatic carbocycles. The van der Waals surface area contributed by atoms with Crippen molar-refractivity contribution in [3.63, 3.8) is 0 Å². The van der Waals surface area contributed by atoms with E-state index in [1.807, 2.05) is 17.0 Å². The van der Waals surface area contributed by atoms with Crippen LogP contribution in [0.3, 0.4) is 0 Å². The van der Waals surface area contributed by atoms with Crippen LogP contribution in [0.2, 0.25) is 0 Å². The monoisotopic (exact) mass is 277 g/mol. The first-order valence-corrected chi connectivity index (χ1v) is 7.00. The lowest BCUT2D eigenvalue weighted by molar-refractivity contribution is 0.0735. The molecule has 0 spiro atoms. The van der Waals surface area contributed by atoms with E-state index >= 15 is 0 Å². The number of rotatable bonds is 2. The number of nitrogens with zero attached hydrogens (tertiary/aromatic N) is 3. The maximum absolute atomic E-state index is 12.7. The topological polar surface area (TPSA) is 57.0 Å². The highest BCUT2D eigenvalue weighted by Gasteiger charge is 2.30. The van der Waals surface area contributed by atoms with Crippen LogP contribution in [0, 0.1) is 11.3 Å². The number of pyridine rings is 1. The molecule has 0 radical (unpaired) electrons. The van der Waals surface area contributed by atoms with E-state index in [4.69, 9.17) is 5.26 Å². The quantitative estimate of drug-likeness (QED) is 0.848. The van der Waals surface area contributed by atoms with Crippen LogP contribution in [0.5, 0.6) is 0 Å². The average molecular weight is 277 g/mol. The summed E-state index contributed by atoms with van der Waals surface area (Å²) in [5.74, 6) is 0.0267. The molecule has 1 aromatic heterocycles. The summed E-state index contributed by atoms with van der Waals surface area (Å²) in [6, 6.07) is 12.9. The summed E-state index contributed by atoms with van der Waals surface area (Å²) in [7, 11) is 0. The first kappa shape index (κ1) is 13.3. The van der Waals surface area contributed by atoms with Crippen LogP contribution in [-0.4, -0.2) is 22.3 Å². The van der Waals surface area contributed by atoms with Crippen molar-refractivity contribution >= 4 is 5.91 Å². The van der Waals surface area contributed by atoms with Crippen molar-refractivity contribution < 1.29 is 4.79 Å². The Morgan fingerprint density at radius 3 is 2.57 bits per heavy atom. The van der Waals surface area contributed by atoms with Gasteiger partial charge < -0.3 is 4.90 Å². The highest BCUT2D eigenvalue weighted by molar-refractivity contribution is 5.94. The number of likely N-dealkylation sites (tertiary alicyclic amines) is 1. The first-order valence-electron chi connectivity index (χ1n) is 7.00. The Labute approximate surface area is 123 Å². The number of aromatic nitrogens is 1. The van der Waals surface area contributed by atoms with Gasteiger partial charge >= 0.3 is 0 Å². The summed E-state index contributed by atoms with van der Waals surface area (Å²) in [6.45, 7) is 0.770. The van der Waals surface area contributed by atoms with Crippen LogP contribution in [0.4, 0.5) is 0 Å². The highest BCUT2D eigenvalue weighted by Crippen LogP contribution is 2.32. The van der Waals surface area contributed by atoms with Crippen LogP contribution in [-0.2, 0) is 0 Å². The molecule has 1 aliphatic heterocycles. The third-order valence-corrected chi connectivity index (χ3v) is 3.87. The number of carbonyl (C=O) groups is 1. The Bertz CT molecular complexity index is 673. The summed E-state index contributed by atoms with van der Waals surface area (Å²) in [4.78, 5) is 18.6. The lowest BCUT2D eigenvalue weighted by Gasteiger charge is -2.25. The third kappa shape index (κ3) is 2.63. The summed E-state index contributed by atoms with van der Waals surface area (Å²) in [5, 5.41) is 8.82. The number of nitriles is 1. The molecular formula is C17H15N3O. The summed E-state index contributed by atoms with van der Waals surface area (Å²) in [5.41, 5.74) is 2.33. The average Bonchev–Trinajstić information content (AvgIpc) is 3.04. The van der Waals surface area contributed by atoms with Crippen molar-refractivity contribution in [2.75, 3.05) is 6.54 Å². The van der Waals surface area contributed by atoms with Crippen molar-refractivity contribution in [2.45, 2.75) is 18.9 Å². The van der Waals surface area contributed by atoms with Gasteiger partial charge in [-0.25, -0.2) is 0 Å². The zero-order valence-corrected chi connectivity index (χ0v) is 11.6. The molecule has 0 N–H and O–H groups in total. The number of hydrogen-bond donors (Lipinski definition) is 0. The predicted molar refractivity (Wildman–Crippen MR) is 78.4 cm³/mol. The minimum absolute atomic E-state index is 0.0267. The van der Waals surface area contributed by atoms with Gasteiger partial charge in [-0.1, -0.05) is 0 Å². The van der Waals surface area contributed by atoms with E-state index in [1.165, 1.54) is 0 Å². The third-order valence-electron chi connectivity index (χ3n) is 3.87. The molecular weight excluding hydrogens is 262 g/mol. The van der Waals surface area contributed by atoms with E-state index < -0.39 is 0 Å². The molecule has 0 aliphatic carbocycles. The van der Waals surface area contributed by atoms with Gasteiger partial charge in [0, 0.05) is 24.5 Å². The zero-order chi connectivity index (χ0) is 14.7. The van der Waals surface area contributed by atoms with Gasteiger partial charge in [-0.05, 0) is 54.8 Å². The van der Waals surface area contributed by atoms with E-state index in [-0.39, 0.29) is 11.9 Å². The smallest absolute Gasteiger partial charge is 0.254 e. The van der Waals surface area contributed by atoms with Crippen LogP contribution in [0.1, 0.15) is 40.4 Å². The number of amides is 1. The lowest BCUT2D eigenvalue weighted by Crippen LogP contribution is -2.30. The first-order chi connectivity index (χ1) is 10.3. The van der Waals surface area contributed by atoms with Crippen molar-refractivity contribution in [1.29, 1.82) is 5.26 Å². The minimum atomic E-state index is 0.0267. The Hall–Kier alpha value is -2.67. The Kier molecular flexibility index (Phi) is 3.65. The molecule has 2 aromatic rings. The molecule has 1 aliphatic rings. The van der Waals surface area contributed by atoms with E-state index in [0.717, 1.165) is 24.9 Å². The van der Waals surface area contributed by atoms with Crippen molar-refractivity contribution in [1.82, 2.24) is 9.88 Å². The lowest BCUT2D eigenvalue weighted by atomic mass is 10.1. The van der Waals surface area contributed by atoms with E-state index in [9.17, 15) is 4.79 Å². The van der Waals surface area contributed by atoms with Gasteiger partial charge in [-0.15, -0.1) is 0 Å². The highest BCUT2D eigenvalue weighted by atomic mass is 16.2. The number of benzene rings is 1. The van der Waals surface area contributed by atoms with Gasteiger partial charge in [0.15, 0.2) is 0 Å². The van der Waals surface area contributed by atoms with Gasteiger partial charge in [-0.2, -0.15) is 5.26 Å². The summed E-state index contributed by atoms with van der Waals surface area (Å²) >= 11 is 0. The minimum Gasteiger partial charge on any atom is -0.332 e. The van der Waals surface area contributed by atoms with Crippen molar-refractivity contribution in [2.24, 2.45) is 0 Å². The SMILES string of the molecule is N#Cc1ccc(C(=O)N2CCC[C@@H]2c2ccncc2)cc1. The molecule has 0 bridgehead atoms.